The van der Waals surface area contributed by atoms with E-state index in [1.807, 2.05) is 0 Å². The number of rotatable bonds is 7. The molecule has 8 N–H and O–H groups in total. The molecule has 5 rings (SSSR count). The molecule has 236 valence electrons. The standard InChI is InChI=1S/C28H34O15/c1-10-21(33)23(35)25(37)27(39-10)43-26-24(36)22(34)19(9-29)42-28(26)40-12-6-14(31)20-15(32)8-17(41-18(20)7-12)11-3-4-16(38-2)13(30)5-11/h3-7,10,17,19,21-31,33-37H,8-9H2,1-2H3/t10-,17+,19-,21+,22-,23+,24-,25-,26+,27+,28-/m1/s1. The van der Waals surface area contributed by atoms with Crippen LogP contribution < -0.4 is 14.2 Å². The number of fused-ring (bicyclic) bond motifs is 1. The van der Waals surface area contributed by atoms with Gasteiger partial charge in [0, 0.05) is 12.1 Å². The van der Waals surface area contributed by atoms with Crippen LogP contribution in [0.5, 0.6) is 28.7 Å². The normalized spacial score (nSPS) is 36.0. The number of phenolic OH excluding ortho intramolecular Hbond substituents is 2. The van der Waals surface area contributed by atoms with Crippen molar-refractivity contribution in [1.29, 1.82) is 0 Å². The summed E-state index contributed by atoms with van der Waals surface area (Å²) in [7, 11) is 1.39. The molecule has 2 aromatic rings. The van der Waals surface area contributed by atoms with Crippen molar-refractivity contribution in [2.75, 3.05) is 13.7 Å². The Balaban J connectivity index is 1.41. The van der Waals surface area contributed by atoms with Crippen molar-refractivity contribution in [2.24, 2.45) is 0 Å². The zero-order chi connectivity index (χ0) is 31.2. The van der Waals surface area contributed by atoms with Gasteiger partial charge in [0.15, 0.2) is 29.7 Å². The molecule has 2 saturated heterocycles. The number of aromatic hydroxyl groups is 2. The molecule has 43 heavy (non-hydrogen) atoms. The number of hydrogen-bond acceptors (Lipinski definition) is 15. The minimum Gasteiger partial charge on any atom is -0.507 e. The lowest BCUT2D eigenvalue weighted by molar-refractivity contribution is -0.354. The summed E-state index contributed by atoms with van der Waals surface area (Å²) in [4.78, 5) is 13.0. The number of Topliss-reactive ketones (excluding diaryl/α,β-unsaturated/α-hetero) is 1. The second-order valence-corrected chi connectivity index (χ2v) is 10.6. The SMILES string of the molecule is COc1ccc([C@@H]2CC(=O)c3c(O)cc(O[C@@H]4O[C@H](CO)[C@@H](O)[C@@H](O)[C@@H]4O[C@@H]4O[C@H](C)[C@H](O)[C@H](O)[C@H]4O)cc3O2)cc1O. The quantitative estimate of drug-likeness (QED) is 0.185. The maximum absolute atomic E-state index is 13.0. The van der Waals surface area contributed by atoms with Crippen molar-refractivity contribution in [3.63, 3.8) is 0 Å². The van der Waals surface area contributed by atoms with Crippen molar-refractivity contribution in [3.05, 3.63) is 41.5 Å². The number of aliphatic hydroxyl groups excluding tert-OH is 6. The Morgan fingerprint density at radius 1 is 0.884 bits per heavy atom. The molecular weight excluding hydrogens is 576 g/mol. The lowest BCUT2D eigenvalue weighted by Crippen LogP contribution is -2.64. The predicted octanol–water partition coefficient (Wildman–Crippen LogP) is -1.16. The Hall–Kier alpha value is -3.25. The van der Waals surface area contributed by atoms with E-state index >= 15 is 0 Å². The third-order valence-corrected chi connectivity index (χ3v) is 7.72. The molecule has 0 aliphatic carbocycles. The van der Waals surface area contributed by atoms with Gasteiger partial charge in [-0.3, -0.25) is 4.79 Å². The fourth-order valence-corrected chi connectivity index (χ4v) is 5.29. The Morgan fingerprint density at radius 3 is 2.30 bits per heavy atom. The van der Waals surface area contributed by atoms with E-state index in [2.05, 4.69) is 0 Å². The molecule has 11 atom stereocenters. The minimum absolute atomic E-state index is 0.0592. The Morgan fingerprint density at radius 2 is 1.63 bits per heavy atom. The van der Waals surface area contributed by atoms with Crippen LogP contribution in [0, 0.1) is 0 Å². The highest BCUT2D eigenvalue weighted by molar-refractivity contribution is 6.02. The van der Waals surface area contributed by atoms with Gasteiger partial charge in [-0.15, -0.1) is 0 Å². The van der Waals surface area contributed by atoms with E-state index in [1.54, 1.807) is 6.07 Å². The molecule has 0 spiro atoms. The number of hydrogen-bond donors (Lipinski definition) is 8. The summed E-state index contributed by atoms with van der Waals surface area (Å²) in [5.41, 5.74) is 0.352. The highest BCUT2D eigenvalue weighted by Crippen LogP contribution is 2.43. The fourth-order valence-electron chi connectivity index (χ4n) is 5.29. The van der Waals surface area contributed by atoms with E-state index in [0.29, 0.717) is 5.56 Å². The number of benzene rings is 2. The van der Waals surface area contributed by atoms with Crippen LogP contribution in [0.3, 0.4) is 0 Å². The van der Waals surface area contributed by atoms with Crippen LogP contribution in [-0.2, 0) is 14.2 Å². The molecule has 3 aliphatic rings. The summed E-state index contributed by atoms with van der Waals surface area (Å²) in [5.74, 6) is -1.06. The van der Waals surface area contributed by atoms with Gasteiger partial charge in [-0.2, -0.15) is 0 Å². The van der Waals surface area contributed by atoms with Gasteiger partial charge in [0.05, 0.1) is 26.2 Å². The molecule has 0 saturated carbocycles. The molecule has 3 heterocycles. The average molecular weight is 611 g/mol. The number of ether oxygens (including phenoxy) is 6. The number of carbonyl (C=O) groups is 1. The van der Waals surface area contributed by atoms with Crippen molar-refractivity contribution < 1.29 is 74.1 Å². The van der Waals surface area contributed by atoms with E-state index < -0.39 is 85.7 Å². The third kappa shape index (κ3) is 5.95. The van der Waals surface area contributed by atoms with E-state index in [1.165, 1.54) is 32.2 Å². The first kappa shape index (κ1) is 31.2. The number of ketones is 1. The van der Waals surface area contributed by atoms with Gasteiger partial charge in [-0.05, 0) is 24.6 Å². The van der Waals surface area contributed by atoms with Gasteiger partial charge >= 0.3 is 0 Å². The highest BCUT2D eigenvalue weighted by atomic mass is 16.8. The maximum atomic E-state index is 13.0. The van der Waals surface area contributed by atoms with Crippen LogP contribution >= 0.6 is 0 Å². The van der Waals surface area contributed by atoms with E-state index in [0.717, 1.165) is 6.07 Å². The smallest absolute Gasteiger partial charge is 0.229 e. The molecule has 0 amide bonds. The lowest BCUT2D eigenvalue weighted by atomic mass is 9.95. The molecule has 0 unspecified atom stereocenters. The first-order valence-electron chi connectivity index (χ1n) is 13.5. The number of phenols is 2. The Labute approximate surface area is 245 Å². The summed E-state index contributed by atoms with van der Waals surface area (Å²) in [6.07, 6.45) is -16.3. The molecule has 0 aromatic heterocycles. The van der Waals surface area contributed by atoms with Crippen molar-refractivity contribution >= 4 is 5.78 Å². The highest BCUT2D eigenvalue weighted by Gasteiger charge is 2.51. The number of aliphatic hydroxyl groups is 6. The van der Waals surface area contributed by atoms with Crippen molar-refractivity contribution in [1.82, 2.24) is 0 Å². The first-order valence-corrected chi connectivity index (χ1v) is 13.5. The molecule has 0 radical (unpaired) electrons. The second-order valence-electron chi connectivity index (χ2n) is 10.6. The topological polar surface area (TPSA) is 234 Å². The van der Waals surface area contributed by atoms with Gasteiger partial charge in [-0.25, -0.2) is 0 Å². The van der Waals surface area contributed by atoms with Crippen LogP contribution in [0.4, 0.5) is 0 Å². The van der Waals surface area contributed by atoms with Crippen LogP contribution in [0.15, 0.2) is 30.3 Å². The summed E-state index contributed by atoms with van der Waals surface area (Å²) < 4.78 is 33.7. The average Bonchev–Trinajstić information content (AvgIpc) is 2.97. The van der Waals surface area contributed by atoms with Gasteiger partial charge in [-0.1, -0.05) is 6.07 Å². The molecule has 15 heteroatoms. The third-order valence-electron chi connectivity index (χ3n) is 7.72. The maximum Gasteiger partial charge on any atom is 0.229 e. The zero-order valence-electron chi connectivity index (χ0n) is 23.1. The summed E-state index contributed by atoms with van der Waals surface area (Å²) >= 11 is 0. The van der Waals surface area contributed by atoms with Gasteiger partial charge in [0.25, 0.3) is 0 Å². The van der Waals surface area contributed by atoms with Crippen molar-refractivity contribution in [2.45, 2.75) is 80.9 Å². The van der Waals surface area contributed by atoms with Crippen LogP contribution in [-0.4, -0.2) is 122 Å². The Kier molecular flexibility index (Phi) is 8.99. The van der Waals surface area contributed by atoms with E-state index in [-0.39, 0.29) is 35.0 Å². The lowest BCUT2D eigenvalue weighted by Gasteiger charge is -2.45. The monoisotopic (exact) mass is 610 g/mol. The first-order chi connectivity index (χ1) is 20.4. The van der Waals surface area contributed by atoms with Crippen LogP contribution in [0.2, 0.25) is 0 Å². The summed E-state index contributed by atoms with van der Waals surface area (Å²) in [5, 5.41) is 82.4. The van der Waals surface area contributed by atoms with Crippen LogP contribution in [0.1, 0.15) is 35.4 Å². The molecule has 3 aliphatic heterocycles. The van der Waals surface area contributed by atoms with Gasteiger partial charge in [0.2, 0.25) is 6.29 Å². The predicted molar refractivity (Wildman–Crippen MR) is 141 cm³/mol. The zero-order valence-corrected chi connectivity index (χ0v) is 23.1. The number of carbonyl (C=O) groups excluding carboxylic acids is 1. The van der Waals surface area contributed by atoms with E-state index in [9.17, 15) is 45.6 Å². The molecule has 15 nitrogen and oxygen atoms in total. The van der Waals surface area contributed by atoms with Crippen LogP contribution in [0.25, 0.3) is 0 Å². The van der Waals surface area contributed by atoms with E-state index in [4.69, 9.17) is 28.4 Å². The minimum atomic E-state index is -1.76. The molecule has 2 aromatic carbocycles. The van der Waals surface area contributed by atoms with Crippen molar-refractivity contribution in [3.8, 4) is 28.7 Å². The summed E-state index contributed by atoms with van der Waals surface area (Å²) in [6, 6.07) is 6.89. The summed E-state index contributed by atoms with van der Waals surface area (Å²) in [6.45, 7) is 0.699. The fraction of sp³-hybridized carbons (Fsp3) is 0.536. The molecule has 2 fully saturated rings. The Bertz CT molecular complexity index is 1320. The largest absolute Gasteiger partial charge is 0.507 e. The second kappa shape index (κ2) is 12.4. The van der Waals surface area contributed by atoms with Gasteiger partial charge < -0.3 is 69.3 Å². The molecular formula is C28H34O15. The van der Waals surface area contributed by atoms with Gasteiger partial charge in [0.1, 0.15) is 65.5 Å². The number of methoxy groups -OCH3 is 1. The molecule has 0 bridgehead atoms.